The second-order valence-corrected chi connectivity index (χ2v) is 7.63. The second kappa shape index (κ2) is 14.6. The molecule has 0 aliphatic carbocycles. The maximum atomic E-state index is 11.1. The summed E-state index contributed by atoms with van der Waals surface area (Å²) in [4.78, 5) is 11.1. The number of aromatic carboxylic acids is 1. The zero-order valence-electron chi connectivity index (χ0n) is 19.1. The Balaban J connectivity index is 1.47. The van der Waals surface area contributed by atoms with Crippen LogP contribution in [0.2, 0.25) is 0 Å². The van der Waals surface area contributed by atoms with Crippen molar-refractivity contribution in [1.29, 1.82) is 0 Å². The summed E-state index contributed by atoms with van der Waals surface area (Å²) >= 11 is 0. The lowest BCUT2D eigenvalue weighted by Gasteiger charge is -2.13. The van der Waals surface area contributed by atoms with E-state index >= 15 is 0 Å². The number of rotatable bonds is 16. The van der Waals surface area contributed by atoms with Crippen LogP contribution < -0.4 is 5.32 Å². The van der Waals surface area contributed by atoms with Gasteiger partial charge >= 0.3 is 5.97 Å². The van der Waals surface area contributed by atoms with E-state index in [0.717, 1.165) is 64.2 Å². The highest BCUT2D eigenvalue weighted by Crippen LogP contribution is 2.22. The molecule has 0 amide bonds. The van der Waals surface area contributed by atoms with Gasteiger partial charge in [-0.2, -0.15) is 0 Å². The number of benzene rings is 2. The van der Waals surface area contributed by atoms with Crippen LogP contribution in [0.3, 0.4) is 0 Å². The molecule has 6 heteroatoms. The van der Waals surface area contributed by atoms with Crippen molar-refractivity contribution in [2.75, 3.05) is 26.3 Å². The smallest absolute Gasteiger partial charge is 0.339 e. The molecule has 0 aliphatic heterocycles. The molecule has 1 atom stereocenters. The van der Waals surface area contributed by atoms with E-state index < -0.39 is 12.0 Å². The van der Waals surface area contributed by atoms with Crippen LogP contribution in [0.25, 0.3) is 0 Å². The number of carboxylic acids is 1. The van der Waals surface area contributed by atoms with Crippen molar-refractivity contribution in [2.45, 2.75) is 51.0 Å². The molecule has 0 saturated carbocycles. The molecule has 1 unspecified atom stereocenters. The average Bonchev–Trinajstić information content (AvgIpc) is 2.77. The van der Waals surface area contributed by atoms with Gasteiger partial charge in [0.2, 0.25) is 0 Å². The van der Waals surface area contributed by atoms with Gasteiger partial charge in [0.25, 0.3) is 0 Å². The van der Waals surface area contributed by atoms with Crippen molar-refractivity contribution in [1.82, 2.24) is 5.32 Å². The zero-order valence-corrected chi connectivity index (χ0v) is 18.1. The van der Waals surface area contributed by atoms with Crippen LogP contribution in [-0.2, 0) is 11.2 Å². The highest BCUT2D eigenvalue weighted by atomic mass is 16.5. The van der Waals surface area contributed by atoms with Crippen LogP contribution in [0.1, 0.15) is 67.5 Å². The molecule has 31 heavy (non-hydrogen) atoms. The molecule has 0 spiro atoms. The molecule has 6 nitrogen and oxygen atoms in total. The first-order valence-corrected chi connectivity index (χ1v) is 11.0. The second-order valence-electron chi connectivity index (χ2n) is 7.63. The van der Waals surface area contributed by atoms with Crippen molar-refractivity contribution in [3.8, 4) is 5.75 Å². The minimum atomic E-state index is -1.97. The highest BCUT2D eigenvalue weighted by Gasteiger charge is 2.14. The first-order valence-electron chi connectivity index (χ1n) is 11.5. The molecule has 0 bridgehead atoms. The maximum absolute atomic E-state index is 11.1. The molecule has 2 rings (SSSR count). The third kappa shape index (κ3) is 9.96. The topological polar surface area (TPSA) is 99.0 Å². The summed E-state index contributed by atoms with van der Waals surface area (Å²) in [6.45, 7) is 2.21. The fourth-order valence-electron chi connectivity index (χ4n) is 3.28. The molecule has 2 aromatic carbocycles. The van der Waals surface area contributed by atoms with Crippen LogP contribution >= 0.6 is 0 Å². The van der Waals surface area contributed by atoms with Crippen LogP contribution in [-0.4, -0.2) is 47.6 Å². The largest absolute Gasteiger partial charge is 0.507 e. The quantitative estimate of drug-likeness (QED) is 0.233. The Bertz CT molecular complexity index is 813. The SMILES string of the molecule is [2H][13C](O)(CNCCCCCCOCCCCc1ccccc1)c1ccc(O)c(C(=O)O)c1. The van der Waals surface area contributed by atoms with E-state index in [9.17, 15) is 15.0 Å². The lowest BCUT2D eigenvalue weighted by atomic mass is 10.1. The molecule has 0 radical (unpaired) electrons. The molecule has 170 valence electrons. The van der Waals surface area contributed by atoms with E-state index in [0.29, 0.717) is 6.54 Å². The third-order valence-corrected chi connectivity index (χ3v) is 5.09. The number of carboxylic acid groups (broad SMARTS) is 1. The predicted molar refractivity (Wildman–Crippen MR) is 122 cm³/mol. The molecule has 0 saturated heterocycles. The van der Waals surface area contributed by atoms with Crippen molar-refractivity contribution >= 4 is 5.97 Å². The van der Waals surface area contributed by atoms with Gasteiger partial charge in [0.05, 0.1) is 7.45 Å². The summed E-state index contributed by atoms with van der Waals surface area (Å²) in [6.07, 6.45) is 5.38. The van der Waals surface area contributed by atoms with E-state index in [-0.39, 0.29) is 23.4 Å². The van der Waals surface area contributed by atoms with Crippen LogP contribution in [0.15, 0.2) is 48.5 Å². The van der Waals surface area contributed by atoms with Crippen molar-refractivity contribution in [3.05, 3.63) is 65.2 Å². The number of aromatic hydroxyl groups is 1. The van der Waals surface area contributed by atoms with Gasteiger partial charge in [-0.1, -0.05) is 49.2 Å². The predicted octanol–water partition coefficient (Wildman–Crippen LogP) is 4.31. The molecule has 2 aromatic rings. The van der Waals surface area contributed by atoms with E-state index in [1.54, 1.807) is 0 Å². The lowest BCUT2D eigenvalue weighted by Crippen LogP contribution is -2.22. The molecular weight excluding hydrogens is 395 g/mol. The van der Waals surface area contributed by atoms with Crippen LogP contribution in [0.4, 0.5) is 0 Å². The minimum absolute atomic E-state index is 0.0249. The first kappa shape index (κ1) is 23.3. The summed E-state index contributed by atoms with van der Waals surface area (Å²) < 4.78 is 13.8. The Morgan fingerprint density at radius 2 is 1.71 bits per heavy atom. The monoisotopic (exact) mass is 431 g/mol. The number of hydrogen-bond donors (Lipinski definition) is 4. The normalized spacial score (nSPS) is 13.5. The van der Waals surface area contributed by atoms with Gasteiger partial charge in [-0.3, -0.25) is 0 Å². The summed E-state index contributed by atoms with van der Waals surface area (Å²) in [5.41, 5.74) is 1.17. The average molecular weight is 432 g/mol. The van der Waals surface area contributed by atoms with E-state index in [2.05, 4.69) is 29.6 Å². The fourth-order valence-corrected chi connectivity index (χ4v) is 3.28. The Morgan fingerprint density at radius 1 is 1.00 bits per heavy atom. The number of unbranched alkanes of at least 4 members (excludes halogenated alkanes) is 4. The van der Waals surface area contributed by atoms with Gasteiger partial charge < -0.3 is 25.4 Å². The Hall–Kier alpha value is -2.41. The Labute approximate surface area is 186 Å². The number of hydrogen-bond acceptors (Lipinski definition) is 5. The van der Waals surface area contributed by atoms with Crippen molar-refractivity contribution in [2.24, 2.45) is 0 Å². The van der Waals surface area contributed by atoms with Gasteiger partial charge in [-0.05, 0) is 61.9 Å². The number of nitrogens with one attached hydrogen (secondary N) is 1. The molecule has 4 N–H and O–H groups in total. The number of aryl methyl sites for hydroxylation is 1. The van der Waals surface area contributed by atoms with Crippen molar-refractivity contribution < 1.29 is 26.2 Å². The zero-order chi connectivity index (χ0) is 23.2. The van der Waals surface area contributed by atoms with Crippen molar-refractivity contribution in [3.63, 3.8) is 0 Å². The number of phenols is 1. The van der Waals surface area contributed by atoms with Gasteiger partial charge in [0.1, 0.15) is 11.3 Å². The summed E-state index contributed by atoms with van der Waals surface area (Å²) in [7, 11) is 0. The summed E-state index contributed by atoms with van der Waals surface area (Å²) in [5.74, 6) is -1.69. The minimum Gasteiger partial charge on any atom is -0.507 e. The maximum Gasteiger partial charge on any atom is 0.339 e. The molecule has 0 aromatic heterocycles. The number of aliphatic hydroxyl groups is 1. The summed E-state index contributed by atoms with van der Waals surface area (Å²) in [6, 6.07) is 14.2. The molecule has 0 heterocycles. The molecule has 0 fully saturated rings. The third-order valence-electron chi connectivity index (χ3n) is 5.09. The Morgan fingerprint density at radius 3 is 2.45 bits per heavy atom. The van der Waals surface area contributed by atoms with Gasteiger partial charge in [0, 0.05) is 19.8 Å². The standard InChI is InChI=1S/C25H35NO5/c27-23-14-13-21(18-22(23)25(29)30)24(28)19-26-15-7-1-2-8-16-31-17-9-6-12-20-10-4-3-5-11-20/h3-5,10-11,13-14,18,24,26-28H,1-2,6-9,12,15-17,19H2,(H,29,30)/i24+1D. The van der Waals surface area contributed by atoms with Crippen LogP contribution in [0, 0.1) is 0 Å². The highest BCUT2D eigenvalue weighted by molar-refractivity contribution is 5.90. The van der Waals surface area contributed by atoms with E-state index in [1.807, 2.05) is 6.07 Å². The Kier molecular flexibility index (Phi) is 10.9. The number of carbonyl (C=O) groups is 1. The van der Waals surface area contributed by atoms with Crippen LogP contribution in [0.5, 0.6) is 5.75 Å². The van der Waals surface area contributed by atoms with Gasteiger partial charge in [-0.25, -0.2) is 4.79 Å². The number of ether oxygens (including phenoxy) is 1. The molecule has 0 aliphatic rings. The van der Waals surface area contributed by atoms with Gasteiger partial charge in [0.15, 0.2) is 0 Å². The summed E-state index contributed by atoms with van der Waals surface area (Å²) in [5, 5.41) is 32.0. The molecular formula is C25H35NO5. The fraction of sp³-hybridized carbons (Fsp3) is 0.480. The van der Waals surface area contributed by atoms with Gasteiger partial charge in [-0.15, -0.1) is 0 Å². The first-order chi connectivity index (χ1) is 15.4. The van der Waals surface area contributed by atoms with E-state index in [4.69, 9.17) is 11.2 Å². The lowest BCUT2D eigenvalue weighted by molar-refractivity contribution is 0.0693. The van der Waals surface area contributed by atoms with E-state index in [1.165, 1.54) is 17.7 Å².